The molecular formula is C3H8O2Si2. The Morgan fingerprint density at radius 1 is 1.43 bits per heavy atom. The number of rotatable bonds is 2. The average molecular weight is 132 g/mol. The summed E-state index contributed by atoms with van der Waals surface area (Å²) in [7, 11) is -1.12. The molecule has 0 saturated heterocycles. The number of hydrogen-bond acceptors (Lipinski definition) is 2. The van der Waals surface area contributed by atoms with Crippen molar-refractivity contribution < 1.29 is 9.59 Å². The normalized spacial score (nSPS) is 11.0. The van der Waals surface area contributed by atoms with Crippen molar-refractivity contribution in [1.82, 2.24) is 0 Å². The SMILES string of the molecule is C[Si]([SiH3])(C=O)C=O. The molecule has 0 spiro atoms. The minimum atomic E-state index is -1.87. The van der Waals surface area contributed by atoms with Gasteiger partial charge < -0.3 is 9.59 Å². The molecule has 0 heterocycles. The molecule has 0 amide bonds. The Morgan fingerprint density at radius 2 is 1.71 bits per heavy atom. The molecule has 0 unspecified atom stereocenters. The second kappa shape index (κ2) is 2.18. The highest BCUT2D eigenvalue weighted by Gasteiger charge is 2.17. The van der Waals surface area contributed by atoms with Crippen molar-refractivity contribution in [3.05, 3.63) is 0 Å². The molecule has 0 aliphatic carbocycles. The van der Waals surface area contributed by atoms with E-state index >= 15 is 0 Å². The zero-order valence-corrected chi connectivity index (χ0v) is 7.47. The summed E-state index contributed by atoms with van der Waals surface area (Å²) in [5.41, 5.74) is 0. The van der Waals surface area contributed by atoms with Gasteiger partial charge in [-0.25, -0.2) is 0 Å². The van der Waals surface area contributed by atoms with Crippen LogP contribution in [0.5, 0.6) is 0 Å². The Labute approximate surface area is 46.1 Å². The molecule has 0 aliphatic heterocycles. The fourth-order valence-electron chi connectivity index (χ4n) is 0.0278. The van der Waals surface area contributed by atoms with E-state index in [4.69, 9.17) is 0 Å². The molecule has 0 aromatic carbocycles. The summed E-state index contributed by atoms with van der Waals surface area (Å²) in [5, 5.41) is 0. The first-order valence-electron chi connectivity index (χ1n) is 2.05. The Kier molecular flexibility index (Phi) is 2.11. The first kappa shape index (κ1) is 6.77. The van der Waals surface area contributed by atoms with Gasteiger partial charge in [-0.2, -0.15) is 0 Å². The highest BCUT2D eigenvalue weighted by molar-refractivity contribution is 7.42. The zero-order chi connectivity index (χ0) is 5.91. The van der Waals surface area contributed by atoms with E-state index in [9.17, 15) is 9.59 Å². The Bertz CT molecular complexity index is 78.9. The van der Waals surface area contributed by atoms with Gasteiger partial charge in [-0.15, -0.1) is 0 Å². The van der Waals surface area contributed by atoms with E-state index in [2.05, 4.69) is 0 Å². The van der Waals surface area contributed by atoms with E-state index < -0.39 is 7.59 Å². The quantitative estimate of drug-likeness (QED) is 0.337. The van der Waals surface area contributed by atoms with E-state index in [1.54, 1.807) is 6.55 Å². The fourth-order valence-corrected chi connectivity index (χ4v) is 0.0833. The predicted octanol–water partition coefficient (Wildman–Crippen LogP) is -1.53. The molecule has 0 bridgehead atoms. The predicted molar refractivity (Wildman–Crippen MR) is 35.1 cm³/mol. The van der Waals surface area contributed by atoms with Gasteiger partial charge in [0, 0.05) is 9.76 Å². The number of carbonyl (C=O) groups excluding carboxylic acids is 2. The van der Waals surface area contributed by atoms with Crippen LogP contribution in [0, 0.1) is 0 Å². The summed E-state index contributed by atoms with van der Waals surface area (Å²) in [4.78, 5) is 19.8. The van der Waals surface area contributed by atoms with Crippen molar-refractivity contribution in [1.29, 1.82) is 0 Å². The summed E-state index contributed by atoms with van der Waals surface area (Å²) in [6.07, 6.45) is 0. The molecule has 0 aromatic rings. The van der Waals surface area contributed by atoms with Crippen LogP contribution in [0.4, 0.5) is 0 Å². The van der Waals surface area contributed by atoms with Crippen LogP contribution in [0.15, 0.2) is 0 Å². The van der Waals surface area contributed by atoms with Gasteiger partial charge in [0.25, 0.3) is 0 Å². The van der Waals surface area contributed by atoms with Crippen molar-refractivity contribution in [2.24, 2.45) is 0 Å². The maximum Gasteiger partial charge on any atom is 0.177 e. The van der Waals surface area contributed by atoms with Gasteiger partial charge in [0.1, 0.15) is 11.8 Å². The van der Waals surface area contributed by atoms with Crippen LogP contribution in [0.1, 0.15) is 0 Å². The van der Waals surface area contributed by atoms with Crippen LogP contribution < -0.4 is 0 Å². The minimum Gasteiger partial charge on any atom is -0.309 e. The van der Waals surface area contributed by atoms with Crippen molar-refractivity contribution in [2.45, 2.75) is 6.55 Å². The molecule has 0 saturated carbocycles. The molecule has 0 N–H and O–H groups in total. The molecule has 7 heavy (non-hydrogen) atoms. The van der Waals surface area contributed by atoms with E-state index in [0.29, 0.717) is 0 Å². The van der Waals surface area contributed by atoms with Crippen molar-refractivity contribution in [3.8, 4) is 0 Å². The van der Waals surface area contributed by atoms with Crippen LogP contribution in [0.3, 0.4) is 0 Å². The van der Waals surface area contributed by atoms with E-state index in [1.165, 1.54) is 0 Å². The molecule has 40 valence electrons. The van der Waals surface area contributed by atoms with Gasteiger partial charge in [-0.1, -0.05) is 6.55 Å². The van der Waals surface area contributed by atoms with Gasteiger partial charge in [0.05, 0.1) is 0 Å². The second-order valence-corrected chi connectivity index (χ2v) is 12.6. The molecule has 4 heteroatoms. The zero-order valence-electron chi connectivity index (χ0n) is 4.47. The van der Waals surface area contributed by atoms with Crippen molar-refractivity contribution in [3.63, 3.8) is 0 Å². The average Bonchev–Trinajstić information content (AvgIpc) is 1.68. The monoisotopic (exact) mass is 132 g/mol. The number of carbonyl (C=O) groups is 2. The molecular weight excluding hydrogens is 124 g/mol. The van der Waals surface area contributed by atoms with Crippen molar-refractivity contribution in [2.75, 3.05) is 0 Å². The minimum absolute atomic E-state index is 0.752. The lowest BCUT2D eigenvalue weighted by Gasteiger charge is -1.97. The first-order valence-corrected chi connectivity index (χ1v) is 8.20. The van der Waals surface area contributed by atoms with Gasteiger partial charge in [-0.05, 0) is 0 Å². The largest absolute Gasteiger partial charge is 0.309 e. The third-order valence-electron chi connectivity index (χ3n) is 0.607. The smallest absolute Gasteiger partial charge is 0.177 e. The van der Waals surface area contributed by atoms with Gasteiger partial charge in [-0.3, -0.25) is 0 Å². The van der Waals surface area contributed by atoms with Crippen LogP contribution in [0.2, 0.25) is 6.55 Å². The Balaban J connectivity index is 3.82. The first-order chi connectivity index (χ1) is 3.12. The molecule has 2 nitrogen and oxygen atoms in total. The third kappa shape index (κ3) is 2.47. The molecule has 0 rings (SSSR count). The summed E-state index contributed by atoms with van der Waals surface area (Å²) in [6, 6.07) is 0. The molecule has 0 radical (unpaired) electrons. The van der Waals surface area contributed by atoms with Crippen LogP contribution in [-0.4, -0.2) is 29.2 Å². The number of hydrogen-bond donors (Lipinski definition) is 0. The standard InChI is InChI=1S/C3H8O2Si2/c1-7(6,2-4)3-5/h2-3H,1,6H3. The maximum atomic E-state index is 9.92. The highest BCUT2D eigenvalue weighted by Crippen LogP contribution is 1.81. The summed E-state index contributed by atoms with van der Waals surface area (Å²) in [6.45, 7) is 1.76. The maximum absolute atomic E-state index is 9.92. The van der Waals surface area contributed by atoms with Gasteiger partial charge in [0.15, 0.2) is 7.59 Å². The molecule has 0 aromatic heterocycles. The fraction of sp³-hybridized carbons (Fsp3) is 0.333. The van der Waals surface area contributed by atoms with Gasteiger partial charge in [0.2, 0.25) is 0 Å². The van der Waals surface area contributed by atoms with Crippen LogP contribution >= 0.6 is 0 Å². The summed E-state index contributed by atoms with van der Waals surface area (Å²) < 4.78 is 0. The Hall–Kier alpha value is -0.226. The van der Waals surface area contributed by atoms with E-state index in [-0.39, 0.29) is 0 Å². The third-order valence-corrected chi connectivity index (χ3v) is 3.24. The summed E-state index contributed by atoms with van der Waals surface area (Å²) >= 11 is 0. The van der Waals surface area contributed by atoms with E-state index in [1.807, 2.05) is 0 Å². The van der Waals surface area contributed by atoms with Crippen molar-refractivity contribution >= 4 is 29.2 Å². The van der Waals surface area contributed by atoms with Crippen LogP contribution in [-0.2, 0) is 9.59 Å². The van der Waals surface area contributed by atoms with Crippen LogP contribution in [0.25, 0.3) is 0 Å². The highest BCUT2D eigenvalue weighted by atomic mass is 29.2. The molecule has 0 fully saturated rings. The molecule has 0 aliphatic rings. The van der Waals surface area contributed by atoms with E-state index in [0.717, 1.165) is 21.6 Å². The summed E-state index contributed by atoms with van der Waals surface area (Å²) in [5.74, 6) is 1.65. The lowest BCUT2D eigenvalue weighted by Crippen LogP contribution is -2.35. The van der Waals surface area contributed by atoms with Gasteiger partial charge >= 0.3 is 0 Å². The lowest BCUT2D eigenvalue weighted by molar-refractivity contribution is 0.562. The second-order valence-electron chi connectivity index (χ2n) is 2.06. The molecule has 0 atom stereocenters. The Morgan fingerprint density at radius 3 is 1.71 bits per heavy atom. The topological polar surface area (TPSA) is 34.1 Å². The lowest BCUT2D eigenvalue weighted by atomic mass is 11.7.